The van der Waals surface area contributed by atoms with Crippen molar-refractivity contribution in [2.75, 3.05) is 0 Å². The molecule has 0 amide bonds. The number of rotatable bonds is 4. The van der Waals surface area contributed by atoms with Gasteiger partial charge >= 0.3 is 0 Å². The zero-order valence-corrected chi connectivity index (χ0v) is 14.3. The standard InChI is InChI=1S/C17H18N2O5S/c18-9-16-11-5-10-6-12(8-11)17(15(16)7-10)24-25(22,23)14-3-1-13(2-4-14)19(20)21/h1-4,10-12,15-17H,5-8H2/t10-,11-,12-,15-,16+,17+/m0/s1. The quantitative estimate of drug-likeness (QED) is 0.463. The molecule has 7 nitrogen and oxygen atoms in total. The summed E-state index contributed by atoms with van der Waals surface area (Å²) in [7, 11) is -4.01. The highest BCUT2D eigenvalue weighted by molar-refractivity contribution is 7.86. The van der Waals surface area contributed by atoms with Crippen molar-refractivity contribution in [1.82, 2.24) is 0 Å². The molecule has 0 radical (unpaired) electrons. The maximum atomic E-state index is 12.6. The molecular formula is C17H18N2O5S. The molecule has 1 aromatic rings. The first-order valence-electron chi connectivity index (χ1n) is 8.46. The summed E-state index contributed by atoms with van der Waals surface area (Å²) in [4.78, 5) is 10.0. The van der Waals surface area contributed by atoms with E-state index in [0.717, 1.165) is 37.8 Å². The zero-order chi connectivity index (χ0) is 17.8. The van der Waals surface area contributed by atoms with E-state index >= 15 is 0 Å². The summed E-state index contributed by atoms with van der Waals surface area (Å²) in [6, 6.07) is 7.09. The summed E-state index contributed by atoms with van der Waals surface area (Å²) in [6.07, 6.45) is 3.29. The number of nitriles is 1. The van der Waals surface area contributed by atoms with Gasteiger partial charge in [0.25, 0.3) is 15.8 Å². The Morgan fingerprint density at radius 3 is 2.44 bits per heavy atom. The van der Waals surface area contributed by atoms with Crippen LogP contribution in [0, 0.1) is 51.0 Å². The summed E-state index contributed by atoms with van der Waals surface area (Å²) in [5.74, 6) is 0.966. The minimum Gasteiger partial charge on any atom is -0.262 e. The fourth-order valence-electron chi connectivity index (χ4n) is 5.14. The summed E-state index contributed by atoms with van der Waals surface area (Å²) >= 11 is 0. The van der Waals surface area contributed by atoms with Gasteiger partial charge in [-0.3, -0.25) is 14.3 Å². The molecule has 0 saturated heterocycles. The topological polar surface area (TPSA) is 110 Å². The van der Waals surface area contributed by atoms with Crippen LogP contribution in [0.5, 0.6) is 0 Å². The maximum Gasteiger partial charge on any atom is 0.297 e. The second-order valence-corrected chi connectivity index (χ2v) is 8.99. The van der Waals surface area contributed by atoms with E-state index in [9.17, 15) is 23.8 Å². The molecule has 4 bridgehead atoms. The van der Waals surface area contributed by atoms with E-state index in [1.54, 1.807) is 0 Å². The fraction of sp³-hybridized carbons (Fsp3) is 0.588. The molecule has 0 spiro atoms. The number of benzene rings is 1. The number of hydrogen-bond acceptors (Lipinski definition) is 6. The summed E-state index contributed by atoms with van der Waals surface area (Å²) in [5, 5.41) is 20.2. The SMILES string of the molecule is N#C[C@@H]1[C@H]2C[C@H]3C[C@@H](C2)[C@@H](OS(=O)(=O)c2ccc([N+](=O)[O-])cc2)[C@H]1C3. The fourth-order valence-corrected chi connectivity index (χ4v) is 6.32. The normalized spacial score (nSPS) is 36.1. The molecule has 6 atom stereocenters. The number of nitro benzene ring substituents is 1. The molecule has 0 heterocycles. The average Bonchev–Trinajstić information content (AvgIpc) is 2.58. The van der Waals surface area contributed by atoms with Crippen LogP contribution in [-0.2, 0) is 14.3 Å². The third kappa shape index (κ3) is 2.71. The van der Waals surface area contributed by atoms with E-state index in [-0.39, 0.29) is 28.3 Å². The van der Waals surface area contributed by atoms with Crippen LogP contribution in [0.15, 0.2) is 29.2 Å². The minimum absolute atomic E-state index is 0.0333. The van der Waals surface area contributed by atoms with Gasteiger partial charge in [-0.15, -0.1) is 0 Å². The number of nitrogens with zero attached hydrogens (tertiary/aromatic N) is 2. The van der Waals surface area contributed by atoms with Gasteiger partial charge < -0.3 is 0 Å². The number of hydrogen-bond donors (Lipinski definition) is 0. The largest absolute Gasteiger partial charge is 0.297 e. The Kier molecular flexibility index (Phi) is 3.81. The Balaban J connectivity index is 1.58. The lowest BCUT2D eigenvalue weighted by Gasteiger charge is -2.55. The second kappa shape index (κ2) is 5.78. The van der Waals surface area contributed by atoms with Gasteiger partial charge in [-0.05, 0) is 55.6 Å². The highest BCUT2D eigenvalue weighted by Crippen LogP contribution is 2.57. The molecule has 4 saturated carbocycles. The van der Waals surface area contributed by atoms with Gasteiger partial charge in [-0.25, -0.2) is 0 Å². The Bertz CT molecular complexity index is 845. The molecule has 0 unspecified atom stereocenters. The highest BCUT2D eigenvalue weighted by Gasteiger charge is 2.55. The van der Waals surface area contributed by atoms with Crippen LogP contribution in [0.25, 0.3) is 0 Å². The van der Waals surface area contributed by atoms with Gasteiger partial charge in [-0.2, -0.15) is 13.7 Å². The second-order valence-electron chi connectivity index (χ2n) is 7.41. The lowest BCUT2D eigenvalue weighted by atomic mass is 9.51. The first-order valence-corrected chi connectivity index (χ1v) is 9.87. The van der Waals surface area contributed by atoms with E-state index < -0.39 is 21.1 Å². The van der Waals surface area contributed by atoms with Crippen LogP contribution in [0.2, 0.25) is 0 Å². The van der Waals surface area contributed by atoms with Gasteiger partial charge in [0.05, 0.1) is 27.9 Å². The third-order valence-corrected chi connectivity index (χ3v) is 7.39. The van der Waals surface area contributed by atoms with Crippen molar-refractivity contribution < 1.29 is 17.5 Å². The smallest absolute Gasteiger partial charge is 0.262 e. The highest BCUT2D eigenvalue weighted by atomic mass is 32.2. The molecule has 1 aromatic carbocycles. The predicted octanol–water partition coefficient (Wildman–Crippen LogP) is 2.87. The van der Waals surface area contributed by atoms with Gasteiger partial charge in [0.1, 0.15) is 0 Å². The first-order chi connectivity index (χ1) is 11.9. The van der Waals surface area contributed by atoms with Gasteiger partial charge in [0.15, 0.2) is 0 Å². The van der Waals surface area contributed by atoms with Gasteiger partial charge in [-0.1, -0.05) is 0 Å². The van der Waals surface area contributed by atoms with Crippen molar-refractivity contribution in [3.63, 3.8) is 0 Å². The molecule has 25 heavy (non-hydrogen) atoms. The molecule has 132 valence electrons. The molecule has 5 rings (SSSR count). The van der Waals surface area contributed by atoms with Crippen molar-refractivity contribution in [2.24, 2.45) is 29.6 Å². The van der Waals surface area contributed by atoms with E-state index in [0.29, 0.717) is 11.8 Å². The van der Waals surface area contributed by atoms with Gasteiger partial charge in [0, 0.05) is 18.1 Å². The molecule has 4 aliphatic rings. The van der Waals surface area contributed by atoms with Crippen molar-refractivity contribution in [3.8, 4) is 6.07 Å². The van der Waals surface area contributed by atoms with E-state index in [1.807, 2.05) is 0 Å². The van der Waals surface area contributed by atoms with Crippen molar-refractivity contribution in [2.45, 2.75) is 36.7 Å². The Labute approximate surface area is 145 Å². The predicted molar refractivity (Wildman–Crippen MR) is 86.7 cm³/mol. The molecule has 4 aliphatic carbocycles. The molecule has 0 N–H and O–H groups in total. The summed E-state index contributed by atoms with van der Waals surface area (Å²) in [5.41, 5.74) is -0.168. The Hall–Kier alpha value is -1.98. The first kappa shape index (κ1) is 16.5. The van der Waals surface area contributed by atoms with Crippen LogP contribution in [0.4, 0.5) is 5.69 Å². The lowest BCUT2D eigenvalue weighted by Crippen LogP contribution is -2.54. The Morgan fingerprint density at radius 1 is 1.12 bits per heavy atom. The van der Waals surface area contributed by atoms with Crippen molar-refractivity contribution in [1.29, 1.82) is 5.26 Å². The molecular weight excluding hydrogens is 344 g/mol. The van der Waals surface area contributed by atoms with Crippen LogP contribution < -0.4 is 0 Å². The average molecular weight is 362 g/mol. The molecule has 8 heteroatoms. The van der Waals surface area contributed by atoms with Crippen LogP contribution in [-0.4, -0.2) is 19.4 Å². The van der Waals surface area contributed by atoms with Crippen molar-refractivity contribution in [3.05, 3.63) is 34.4 Å². The van der Waals surface area contributed by atoms with Crippen LogP contribution >= 0.6 is 0 Å². The van der Waals surface area contributed by atoms with Crippen LogP contribution in [0.3, 0.4) is 0 Å². The van der Waals surface area contributed by atoms with E-state index in [4.69, 9.17) is 4.18 Å². The monoisotopic (exact) mass is 362 g/mol. The third-order valence-electron chi connectivity index (χ3n) is 6.06. The molecule has 0 aliphatic heterocycles. The van der Waals surface area contributed by atoms with E-state index in [2.05, 4.69) is 6.07 Å². The van der Waals surface area contributed by atoms with Crippen molar-refractivity contribution >= 4 is 15.8 Å². The zero-order valence-electron chi connectivity index (χ0n) is 13.4. The summed E-state index contributed by atoms with van der Waals surface area (Å²) < 4.78 is 30.8. The number of non-ortho nitro benzene ring substituents is 1. The van der Waals surface area contributed by atoms with Crippen LogP contribution in [0.1, 0.15) is 25.7 Å². The number of nitro groups is 1. The Morgan fingerprint density at radius 2 is 1.80 bits per heavy atom. The maximum absolute atomic E-state index is 12.6. The summed E-state index contributed by atoms with van der Waals surface area (Å²) in [6.45, 7) is 0. The molecule has 4 fully saturated rings. The van der Waals surface area contributed by atoms with Gasteiger partial charge in [0.2, 0.25) is 0 Å². The van der Waals surface area contributed by atoms with E-state index in [1.165, 1.54) is 12.1 Å². The minimum atomic E-state index is -4.01. The molecule has 0 aromatic heterocycles. The lowest BCUT2D eigenvalue weighted by molar-refractivity contribution is -0.384.